The molecular formula is C16H14BrIN2O3. The summed E-state index contributed by atoms with van der Waals surface area (Å²) in [7, 11) is 0. The van der Waals surface area contributed by atoms with Gasteiger partial charge in [0.25, 0.3) is 5.91 Å². The maximum absolute atomic E-state index is 11.7. The monoisotopic (exact) mass is 488 g/mol. The fourth-order valence-corrected chi connectivity index (χ4v) is 3.22. The first-order valence-corrected chi connectivity index (χ1v) is 8.52. The second-order valence-electron chi connectivity index (χ2n) is 4.72. The Morgan fingerprint density at radius 2 is 2.09 bits per heavy atom. The summed E-state index contributed by atoms with van der Waals surface area (Å²) >= 11 is 5.35. The highest BCUT2D eigenvalue weighted by Crippen LogP contribution is 2.27. The van der Waals surface area contributed by atoms with Crippen molar-refractivity contribution in [3.63, 3.8) is 0 Å². The number of hydrogen-bond acceptors (Lipinski definition) is 4. The second kappa shape index (κ2) is 8.30. The van der Waals surface area contributed by atoms with Crippen molar-refractivity contribution < 1.29 is 14.6 Å². The molecule has 0 aliphatic heterocycles. The van der Waals surface area contributed by atoms with Crippen molar-refractivity contribution in [1.82, 2.24) is 5.43 Å². The number of nitrogens with zero attached hydrogens (tertiary/aromatic N) is 1. The van der Waals surface area contributed by atoms with Gasteiger partial charge in [0.2, 0.25) is 0 Å². The lowest BCUT2D eigenvalue weighted by Crippen LogP contribution is -2.24. The first-order valence-electron chi connectivity index (χ1n) is 6.65. The lowest BCUT2D eigenvalue weighted by atomic mass is 10.2. The lowest BCUT2D eigenvalue weighted by Gasteiger charge is -2.05. The SMILES string of the molecule is Cc1ccc(OCC(=O)N/N=C/c2cc(Br)cc(I)c2O)cc1. The molecule has 0 aliphatic carbocycles. The molecule has 120 valence electrons. The first-order chi connectivity index (χ1) is 11.0. The van der Waals surface area contributed by atoms with Gasteiger partial charge in [0.1, 0.15) is 11.5 Å². The third-order valence-corrected chi connectivity index (χ3v) is 4.12. The Balaban J connectivity index is 1.88. The maximum Gasteiger partial charge on any atom is 0.277 e. The number of rotatable bonds is 5. The van der Waals surface area contributed by atoms with Gasteiger partial charge in [-0.25, -0.2) is 5.43 Å². The quantitative estimate of drug-likeness (QED) is 0.384. The number of halogens is 2. The molecule has 0 atom stereocenters. The summed E-state index contributed by atoms with van der Waals surface area (Å²) in [6.07, 6.45) is 1.38. The Hall–Kier alpha value is -1.61. The molecule has 2 aromatic rings. The molecule has 0 bridgehead atoms. The van der Waals surface area contributed by atoms with Gasteiger partial charge >= 0.3 is 0 Å². The molecule has 5 nitrogen and oxygen atoms in total. The fraction of sp³-hybridized carbons (Fsp3) is 0.125. The zero-order chi connectivity index (χ0) is 16.8. The van der Waals surface area contributed by atoms with Gasteiger partial charge in [-0.05, 0) is 53.8 Å². The predicted octanol–water partition coefficient (Wildman–Crippen LogP) is 3.60. The van der Waals surface area contributed by atoms with E-state index in [1.165, 1.54) is 6.21 Å². The van der Waals surface area contributed by atoms with Gasteiger partial charge in [0.15, 0.2) is 6.61 Å². The summed E-state index contributed by atoms with van der Waals surface area (Å²) in [5, 5.41) is 13.7. The maximum atomic E-state index is 11.7. The number of amides is 1. The normalized spacial score (nSPS) is 10.7. The number of phenolic OH excluding ortho intramolecular Hbond substituents is 1. The van der Waals surface area contributed by atoms with Crippen LogP contribution in [0.25, 0.3) is 0 Å². The Labute approximate surface area is 156 Å². The highest BCUT2D eigenvalue weighted by atomic mass is 127. The molecule has 0 radical (unpaired) electrons. The van der Waals surface area contributed by atoms with Gasteiger partial charge in [-0.1, -0.05) is 33.6 Å². The molecule has 2 N–H and O–H groups in total. The van der Waals surface area contributed by atoms with Crippen LogP contribution >= 0.6 is 38.5 Å². The molecule has 0 saturated carbocycles. The van der Waals surface area contributed by atoms with Gasteiger partial charge < -0.3 is 9.84 Å². The molecule has 2 rings (SSSR count). The minimum Gasteiger partial charge on any atom is -0.506 e. The van der Waals surface area contributed by atoms with Crippen LogP contribution in [0.5, 0.6) is 11.5 Å². The lowest BCUT2D eigenvalue weighted by molar-refractivity contribution is -0.123. The van der Waals surface area contributed by atoms with E-state index in [0.29, 0.717) is 14.9 Å². The van der Waals surface area contributed by atoms with Crippen molar-refractivity contribution in [3.8, 4) is 11.5 Å². The summed E-state index contributed by atoms with van der Waals surface area (Å²) in [5.74, 6) is 0.350. The summed E-state index contributed by atoms with van der Waals surface area (Å²) < 4.78 is 6.85. The smallest absolute Gasteiger partial charge is 0.277 e. The number of benzene rings is 2. The molecule has 2 aromatic carbocycles. The average Bonchev–Trinajstić information content (AvgIpc) is 2.51. The highest BCUT2D eigenvalue weighted by molar-refractivity contribution is 14.1. The van der Waals surface area contributed by atoms with Gasteiger partial charge in [-0.15, -0.1) is 0 Å². The van der Waals surface area contributed by atoms with Crippen LogP contribution < -0.4 is 10.2 Å². The topological polar surface area (TPSA) is 70.9 Å². The molecule has 7 heteroatoms. The number of hydrazone groups is 1. The summed E-state index contributed by atoms with van der Waals surface area (Å²) in [6, 6.07) is 10.9. The van der Waals surface area contributed by atoms with Crippen LogP contribution in [0.2, 0.25) is 0 Å². The third-order valence-electron chi connectivity index (χ3n) is 2.84. The van der Waals surface area contributed by atoms with Crippen molar-refractivity contribution in [2.24, 2.45) is 5.10 Å². The fourth-order valence-electron chi connectivity index (χ4n) is 1.67. The van der Waals surface area contributed by atoms with E-state index in [-0.39, 0.29) is 18.3 Å². The highest BCUT2D eigenvalue weighted by Gasteiger charge is 2.06. The number of ether oxygens (including phenoxy) is 1. The van der Waals surface area contributed by atoms with Crippen molar-refractivity contribution in [2.75, 3.05) is 6.61 Å². The van der Waals surface area contributed by atoms with Crippen molar-refractivity contribution in [3.05, 3.63) is 55.6 Å². The molecule has 0 aliphatic rings. The van der Waals surface area contributed by atoms with Crippen LogP contribution in [0.4, 0.5) is 0 Å². The van der Waals surface area contributed by atoms with E-state index < -0.39 is 0 Å². The number of carbonyl (C=O) groups is 1. The molecule has 23 heavy (non-hydrogen) atoms. The number of carbonyl (C=O) groups excluding carboxylic acids is 1. The van der Waals surface area contributed by atoms with E-state index in [1.54, 1.807) is 24.3 Å². The standard InChI is InChI=1S/C16H14BrIN2O3/c1-10-2-4-13(5-3-10)23-9-15(21)20-19-8-11-6-12(17)7-14(18)16(11)22/h2-8,22H,9H2,1H3,(H,20,21)/b19-8+. The summed E-state index contributed by atoms with van der Waals surface area (Å²) in [6.45, 7) is 1.84. The van der Waals surface area contributed by atoms with Crippen LogP contribution in [-0.2, 0) is 4.79 Å². The van der Waals surface area contributed by atoms with Gasteiger partial charge in [0.05, 0.1) is 9.78 Å². The predicted molar refractivity (Wildman–Crippen MR) is 101 cm³/mol. The number of hydrogen-bond donors (Lipinski definition) is 2. The third kappa shape index (κ3) is 5.51. The van der Waals surface area contributed by atoms with Gasteiger partial charge in [0, 0.05) is 10.0 Å². The molecule has 0 saturated heterocycles. The Morgan fingerprint density at radius 1 is 1.39 bits per heavy atom. The summed E-state index contributed by atoms with van der Waals surface area (Å²) in [4.78, 5) is 11.7. The van der Waals surface area contributed by atoms with E-state index in [9.17, 15) is 9.90 Å². The van der Waals surface area contributed by atoms with Crippen LogP contribution in [0.1, 0.15) is 11.1 Å². The Kier molecular flexibility index (Phi) is 6.40. The van der Waals surface area contributed by atoms with Crippen LogP contribution in [-0.4, -0.2) is 23.8 Å². The van der Waals surface area contributed by atoms with Gasteiger partial charge in [-0.2, -0.15) is 5.10 Å². The Morgan fingerprint density at radius 3 is 2.78 bits per heavy atom. The molecule has 0 aromatic heterocycles. The van der Waals surface area contributed by atoms with Crippen molar-refractivity contribution in [1.29, 1.82) is 0 Å². The molecule has 1 amide bonds. The minimum atomic E-state index is -0.383. The molecular weight excluding hydrogens is 475 g/mol. The van der Waals surface area contributed by atoms with Crippen LogP contribution in [0.3, 0.4) is 0 Å². The van der Waals surface area contributed by atoms with Crippen molar-refractivity contribution >= 4 is 50.6 Å². The molecule has 0 spiro atoms. The van der Waals surface area contributed by atoms with E-state index in [4.69, 9.17) is 4.74 Å². The number of aryl methyl sites for hydroxylation is 1. The van der Waals surface area contributed by atoms with Crippen LogP contribution in [0.15, 0.2) is 46.0 Å². The zero-order valence-electron chi connectivity index (χ0n) is 12.2. The second-order valence-corrected chi connectivity index (χ2v) is 6.80. The Bertz CT molecular complexity index is 733. The van der Waals surface area contributed by atoms with E-state index >= 15 is 0 Å². The first kappa shape index (κ1) is 17.7. The van der Waals surface area contributed by atoms with Gasteiger partial charge in [-0.3, -0.25) is 4.79 Å². The van der Waals surface area contributed by atoms with Crippen molar-refractivity contribution in [2.45, 2.75) is 6.92 Å². The van der Waals surface area contributed by atoms with Crippen LogP contribution in [0, 0.1) is 10.5 Å². The van der Waals surface area contributed by atoms with E-state index in [2.05, 4.69) is 26.5 Å². The largest absolute Gasteiger partial charge is 0.506 e. The number of aromatic hydroxyl groups is 1. The minimum absolute atomic E-state index is 0.114. The zero-order valence-corrected chi connectivity index (χ0v) is 16.0. The van der Waals surface area contributed by atoms with E-state index in [1.807, 2.05) is 41.6 Å². The molecule has 0 fully saturated rings. The number of phenols is 1. The average molecular weight is 489 g/mol. The van der Waals surface area contributed by atoms with E-state index in [0.717, 1.165) is 10.0 Å². The number of nitrogens with one attached hydrogen (secondary N) is 1. The molecule has 0 heterocycles. The molecule has 0 unspecified atom stereocenters. The summed E-state index contributed by atoms with van der Waals surface area (Å²) in [5.41, 5.74) is 3.98.